The Hall–Kier alpha value is -4.00. The van der Waals surface area contributed by atoms with Crippen molar-refractivity contribution in [2.24, 2.45) is 0 Å². The topological polar surface area (TPSA) is 83.2 Å². The number of carbonyl (C=O) groups is 2. The number of carbonyl (C=O) groups excluding carboxylic acids is 2. The van der Waals surface area contributed by atoms with Gasteiger partial charge in [0.1, 0.15) is 17.3 Å². The number of aliphatic hydroxyl groups is 1. The molecule has 3 aromatic rings. The van der Waals surface area contributed by atoms with Crippen LogP contribution in [0.2, 0.25) is 0 Å². The van der Waals surface area contributed by atoms with Crippen molar-refractivity contribution in [2.45, 2.75) is 32.9 Å². The van der Waals surface area contributed by atoms with Crippen LogP contribution < -0.4 is 9.64 Å². The Bertz CT molecular complexity index is 1240. The van der Waals surface area contributed by atoms with Crippen LogP contribution in [-0.2, 0) is 16.1 Å². The molecule has 1 aliphatic heterocycles. The van der Waals surface area contributed by atoms with Gasteiger partial charge in [0.15, 0.2) is 0 Å². The first-order valence-electron chi connectivity index (χ1n) is 11.6. The predicted molar refractivity (Wildman–Crippen MR) is 134 cm³/mol. The fourth-order valence-corrected chi connectivity index (χ4v) is 4.24. The second-order valence-electron chi connectivity index (χ2n) is 8.82. The molecule has 1 atom stereocenters. The summed E-state index contributed by atoms with van der Waals surface area (Å²) in [6.07, 6.45) is 2.41. The first-order chi connectivity index (χ1) is 16.8. The van der Waals surface area contributed by atoms with Crippen molar-refractivity contribution in [1.82, 2.24) is 4.90 Å². The third kappa shape index (κ3) is 4.80. The van der Waals surface area contributed by atoms with Gasteiger partial charge < -0.3 is 24.1 Å². The van der Waals surface area contributed by atoms with E-state index in [1.165, 1.54) is 11.2 Å². The number of nitrogens with zero attached hydrogens (tertiary/aromatic N) is 2. The lowest BCUT2D eigenvalue weighted by Gasteiger charge is -2.25. The summed E-state index contributed by atoms with van der Waals surface area (Å²) in [7, 11) is 3.88. The highest BCUT2D eigenvalue weighted by Gasteiger charge is 2.46. The van der Waals surface area contributed by atoms with Crippen LogP contribution in [0.15, 0.2) is 70.9 Å². The SMILES string of the molecule is CCCOc1ccc(/C(O)=C2/C(=O)C(=O)N(Cc3ccco3)C2c2ccc(N(C)C)cc2)cc1C. The van der Waals surface area contributed by atoms with Gasteiger partial charge in [-0.2, -0.15) is 0 Å². The van der Waals surface area contributed by atoms with Crippen LogP contribution in [0.4, 0.5) is 5.69 Å². The molecule has 1 N–H and O–H groups in total. The summed E-state index contributed by atoms with van der Waals surface area (Å²) in [5, 5.41) is 11.3. The number of anilines is 1. The maximum Gasteiger partial charge on any atom is 0.296 e. The quantitative estimate of drug-likeness (QED) is 0.279. The van der Waals surface area contributed by atoms with Crippen LogP contribution >= 0.6 is 0 Å². The third-order valence-electron chi connectivity index (χ3n) is 6.08. The third-order valence-corrected chi connectivity index (χ3v) is 6.08. The number of hydrogen-bond acceptors (Lipinski definition) is 6. The van der Waals surface area contributed by atoms with E-state index >= 15 is 0 Å². The molecule has 7 nitrogen and oxygen atoms in total. The average molecular weight is 475 g/mol. The lowest BCUT2D eigenvalue weighted by molar-refractivity contribution is -0.140. The first kappa shape index (κ1) is 24.1. The lowest BCUT2D eigenvalue weighted by atomic mass is 9.94. The fourth-order valence-electron chi connectivity index (χ4n) is 4.24. The normalized spacial score (nSPS) is 17.1. The van der Waals surface area contributed by atoms with Gasteiger partial charge in [-0.1, -0.05) is 19.1 Å². The van der Waals surface area contributed by atoms with Crippen molar-refractivity contribution >= 4 is 23.1 Å². The van der Waals surface area contributed by atoms with E-state index in [1.54, 1.807) is 30.3 Å². The molecule has 2 heterocycles. The molecule has 0 aliphatic carbocycles. The summed E-state index contributed by atoms with van der Waals surface area (Å²) >= 11 is 0. The van der Waals surface area contributed by atoms with Crippen molar-refractivity contribution in [1.29, 1.82) is 0 Å². The first-order valence-corrected chi connectivity index (χ1v) is 11.6. The molecule has 1 aliphatic rings. The van der Waals surface area contributed by atoms with Crippen molar-refractivity contribution < 1.29 is 23.8 Å². The molecule has 7 heteroatoms. The lowest BCUT2D eigenvalue weighted by Crippen LogP contribution is -2.29. The largest absolute Gasteiger partial charge is 0.507 e. The Labute approximate surface area is 205 Å². The molecular formula is C28H30N2O5. The number of benzene rings is 2. The zero-order chi connectivity index (χ0) is 25.1. The molecule has 1 unspecified atom stereocenters. The van der Waals surface area contributed by atoms with E-state index in [9.17, 15) is 14.7 Å². The van der Waals surface area contributed by atoms with Crippen molar-refractivity contribution in [2.75, 3.05) is 25.6 Å². The zero-order valence-corrected chi connectivity index (χ0v) is 20.4. The van der Waals surface area contributed by atoms with Crippen LogP contribution in [0.5, 0.6) is 5.75 Å². The molecule has 0 saturated carbocycles. The predicted octanol–water partition coefficient (Wildman–Crippen LogP) is 5.06. The van der Waals surface area contributed by atoms with Gasteiger partial charge in [-0.15, -0.1) is 0 Å². The van der Waals surface area contributed by atoms with Crippen LogP contribution in [0.1, 0.15) is 41.8 Å². The smallest absolute Gasteiger partial charge is 0.296 e. The highest BCUT2D eigenvalue weighted by molar-refractivity contribution is 6.46. The van der Waals surface area contributed by atoms with Gasteiger partial charge in [0.05, 0.1) is 31.0 Å². The Morgan fingerprint density at radius 1 is 1.11 bits per heavy atom. The van der Waals surface area contributed by atoms with Gasteiger partial charge in [0.2, 0.25) is 0 Å². The fraction of sp³-hybridized carbons (Fsp3) is 0.286. The standard InChI is InChI=1S/C28H30N2O5/c1-5-14-35-23-13-10-20(16-18(23)2)26(31)24-25(19-8-11-21(12-9-19)29(3)4)30(28(33)27(24)32)17-22-7-6-15-34-22/h6-13,15-16,25,31H,5,14,17H2,1-4H3/b26-24-. The number of rotatable bonds is 8. The number of aliphatic hydroxyl groups excluding tert-OH is 1. The van der Waals surface area contributed by atoms with E-state index in [4.69, 9.17) is 9.15 Å². The van der Waals surface area contributed by atoms with Crippen LogP contribution in [0, 0.1) is 6.92 Å². The Morgan fingerprint density at radius 2 is 1.86 bits per heavy atom. The number of amides is 1. The van der Waals surface area contributed by atoms with Crippen LogP contribution in [0.3, 0.4) is 0 Å². The van der Waals surface area contributed by atoms with E-state index in [0.717, 1.165) is 29.0 Å². The minimum Gasteiger partial charge on any atom is -0.507 e. The molecule has 35 heavy (non-hydrogen) atoms. The van der Waals surface area contributed by atoms with Gasteiger partial charge >= 0.3 is 0 Å². The van der Waals surface area contributed by atoms with Crippen LogP contribution in [0.25, 0.3) is 5.76 Å². The Kier molecular flexibility index (Phi) is 6.96. The molecule has 0 spiro atoms. The summed E-state index contributed by atoms with van der Waals surface area (Å²) in [5.74, 6) is -0.339. The van der Waals surface area contributed by atoms with Gasteiger partial charge in [0.25, 0.3) is 11.7 Å². The summed E-state index contributed by atoms with van der Waals surface area (Å²) in [6.45, 7) is 4.61. The molecule has 1 amide bonds. The molecule has 2 aromatic carbocycles. The molecule has 1 fully saturated rings. The van der Waals surface area contributed by atoms with E-state index in [1.807, 2.05) is 57.1 Å². The minimum atomic E-state index is -0.757. The second kappa shape index (κ2) is 10.1. The highest BCUT2D eigenvalue weighted by Crippen LogP contribution is 2.41. The Balaban J connectivity index is 1.81. The average Bonchev–Trinajstić information content (AvgIpc) is 3.45. The van der Waals surface area contributed by atoms with Gasteiger partial charge in [-0.05, 0) is 66.9 Å². The number of furan rings is 1. The van der Waals surface area contributed by atoms with Gasteiger partial charge in [0, 0.05) is 25.3 Å². The van der Waals surface area contributed by atoms with Crippen molar-refractivity contribution in [3.8, 4) is 5.75 Å². The van der Waals surface area contributed by atoms with Crippen molar-refractivity contribution in [3.05, 3.63) is 88.9 Å². The number of ketones is 1. The molecule has 4 rings (SSSR count). The molecule has 0 radical (unpaired) electrons. The summed E-state index contributed by atoms with van der Waals surface area (Å²) < 4.78 is 11.2. The number of likely N-dealkylation sites (tertiary alicyclic amines) is 1. The number of hydrogen-bond donors (Lipinski definition) is 1. The molecule has 1 saturated heterocycles. The maximum absolute atomic E-state index is 13.2. The summed E-state index contributed by atoms with van der Waals surface area (Å²) in [5.41, 5.74) is 3.05. The summed E-state index contributed by atoms with van der Waals surface area (Å²) in [6, 6.07) is 15.6. The van der Waals surface area contributed by atoms with E-state index in [2.05, 4.69) is 0 Å². The van der Waals surface area contributed by atoms with E-state index in [-0.39, 0.29) is 17.9 Å². The van der Waals surface area contributed by atoms with E-state index in [0.29, 0.717) is 17.9 Å². The molecule has 0 bridgehead atoms. The molecule has 182 valence electrons. The van der Waals surface area contributed by atoms with Crippen molar-refractivity contribution in [3.63, 3.8) is 0 Å². The minimum absolute atomic E-state index is 0.0563. The highest BCUT2D eigenvalue weighted by atomic mass is 16.5. The zero-order valence-electron chi connectivity index (χ0n) is 20.4. The second-order valence-corrected chi connectivity index (χ2v) is 8.82. The number of ether oxygens (including phenoxy) is 1. The van der Waals surface area contributed by atoms with Crippen LogP contribution in [-0.4, -0.2) is 42.4 Å². The van der Waals surface area contributed by atoms with E-state index < -0.39 is 17.7 Å². The van der Waals surface area contributed by atoms with Gasteiger partial charge in [-0.25, -0.2) is 0 Å². The molecular weight excluding hydrogens is 444 g/mol. The summed E-state index contributed by atoms with van der Waals surface area (Å²) in [4.78, 5) is 29.8. The monoisotopic (exact) mass is 474 g/mol. The number of Topliss-reactive ketones (excluding diaryl/α,β-unsaturated/α-hetero) is 1. The molecule has 1 aromatic heterocycles. The Morgan fingerprint density at radius 3 is 2.46 bits per heavy atom. The van der Waals surface area contributed by atoms with Gasteiger partial charge in [-0.3, -0.25) is 9.59 Å². The number of aryl methyl sites for hydroxylation is 1. The maximum atomic E-state index is 13.2.